The molecule has 0 bridgehead atoms. The number of thiophene rings is 1. The average Bonchev–Trinajstić information content (AvgIpc) is 2.69. The summed E-state index contributed by atoms with van der Waals surface area (Å²) in [7, 11) is 0. The molecule has 1 atom stereocenters. The lowest BCUT2D eigenvalue weighted by Crippen LogP contribution is -2.10. The van der Waals surface area contributed by atoms with Crippen molar-refractivity contribution in [2.75, 3.05) is 0 Å². The first-order valence-corrected chi connectivity index (χ1v) is 5.62. The van der Waals surface area contributed by atoms with Gasteiger partial charge in [0.25, 0.3) is 0 Å². The molecule has 2 N–H and O–H groups in total. The number of nitrogens with two attached hydrogens (primary N) is 1. The summed E-state index contributed by atoms with van der Waals surface area (Å²) in [5.41, 5.74) is 8.27. The number of halogens is 2. The molecular formula is C11H11Cl2NS. The third-order valence-electron chi connectivity index (χ3n) is 2.11. The van der Waals surface area contributed by atoms with Gasteiger partial charge >= 0.3 is 0 Å². The van der Waals surface area contributed by atoms with E-state index >= 15 is 0 Å². The topological polar surface area (TPSA) is 26.0 Å². The Balaban J connectivity index is 0.00000112. The van der Waals surface area contributed by atoms with Gasteiger partial charge < -0.3 is 5.73 Å². The van der Waals surface area contributed by atoms with Crippen LogP contribution in [0, 0.1) is 0 Å². The zero-order valence-electron chi connectivity index (χ0n) is 7.89. The van der Waals surface area contributed by atoms with Crippen LogP contribution in [0.25, 0.3) is 0 Å². The van der Waals surface area contributed by atoms with Crippen LogP contribution < -0.4 is 5.73 Å². The highest BCUT2D eigenvalue weighted by atomic mass is 35.5. The molecule has 0 amide bonds. The molecule has 0 aliphatic carbocycles. The van der Waals surface area contributed by atoms with Crippen LogP contribution in [0.15, 0.2) is 41.1 Å². The molecule has 0 aliphatic heterocycles. The first-order valence-electron chi connectivity index (χ1n) is 4.30. The highest BCUT2D eigenvalue weighted by Gasteiger charge is 2.08. The monoisotopic (exact) mass is 259 g/mol. The van der Waals surface area contributed by atoms with E-state index < -0.39 is 0 Å². The molecule has 0 radical (unpaired) electrons. The molecule has 1 heterocycles. The number of benzene rings is 1. The molecule has 0 fully saturated rings. The molecule has 2 rings (SSSR count). The fourth-order valence-corrected chi connectivity index (χ4v) is 2.24. The average molecular weight is 260 g/mol. The van der Waals surface area contributed by atoms with E-state index in [1.54, 1.807) is 11.3 Å². The van der Waals surface area contributed by atoms with Crippen molar-refractivity contribution in [3.05, 3.63) is 57.2 Å². The van der Waals surface area contributed by atoms with E-state index in [0.717, 1.165) is 16.1 Å². The Morgan fingerprint density at radius 1 is 1.20 bits per heavy atom. The largest absolute Gasteiger partial charge is 0.320 e. The van der Waals surface area contributed by atoms with Gasteiger partial charge in [0, 0.05) is 5.02 Å². The van der Waals surface area contributed by atoms with Crippen molar-refractivity contribution in [1.82, 2.24) is 0 Å². The molecule has 0 aliphatic rings. The number of rotatable bonds is 2. The highest BCUT2D eigenvalue weighted by Crippen LogP contribution is 2.23. The second kappa shape index (κ2) is 5.52. The summed E-state index contributed by atoms with van der Waals surface area (Å²) < 4.78 is 0. The van der Waals surface area contributed by atoms with Crippen molar-refractivity contribution in [1.29, 1.82) is 0 Å². The maximum absolute atomic E-state index is 6.08. The van der Waals surface area contributed by atoms with Crippen LogP contribution in [-0.2, 0) is 0 Å². The molecule has 0 saturated heterocycles. The van der Waals surface area contributed by atoms with Crippen molar-refractivity contribution in [3.8, 4) is 0 Å². The van der Waals surface area contributed by atoms with Gasteiger partial charge in [-0.15, -0.1) is 12.4 Å². The fraction of sp³-hybridized carbons (Fsp3) is 0.0909. The molecule has 80 valence electrons. The minimum atomic E-state index is -0.0695. The van der Waals surface area contributed by atoms with Gasteiger partial charge in [0.1, 0.15) is 0 Å². The Labute approximate surface area is 104 Å². The molecule has 1 aromatic carbocycles. The normalized spacial score (nSPS) is 11.9. The SMILES string of the molecule is Cl.N[C@H](c1ccsc1)c1cccc(Cl)c1. The third kappa shape index (κ3) is 2.95. The van der Waals surface area contributed by atoms with E-state index in [4.69, 9.17) is 17.3 Å². The maximum Gasteiger partial charge on any atom is 0.0560 e. The molecule has 1 aromatic heterocycles. The van der Waals surface area contributed by atoms with Gasteiger partial charge in [-0.2, -0.15) is 11.3 Å². The van der Waals surface area contributed by atoms with Crippen LogP contribution in [0.5, 0.6) is 0 Å². The molecule has 0 unspecified atom stereocenters. The summed E-state index contributed by atoms with van der Waals surface area (Å²) in [5.74, 6) is 0. The van der Waals surface area contributed by atoms with E-state index in [9.17, 15) is 0 Å². The van der Waals surface area contributed by atoms with Crippen LogP contribution in [0.4, 0.5) is 0 Å². The van der Waals surface area contributed by atoms with Gasteiger partial charge in [-0.1, -0.05) is 23.7 Å². The minimum absolute atomic E-state index is 0. The van der Waals surface area contributed by atoms with Gasteiger partial charge in [0.15, 0.2) is 0 Å². The summed E-state index contributed by atoms with van der Waals surface area (Å²) in [6, 6.07) is 9.64. The predicted molar refractivity (Wildman–Crippen MR) is 69.0 cm³/mol. The van der Waals surface area contributed by atoms with E-state index in [-0.39, 0.29) is 18.4 Å². The lowest BCUT2D eigenvalue weighted by atomic mass is 10.0. The van der Waals surface area contributed by atoms with Crippen LogP contribution in [0.1, 0.15) is 17.2 Å². The summed E-state index contributed by atoms with van der Waals surface area (Å²) in [5, 5.41) is 4.82. The Morgan fingerprint density at radius 2 is 2.00 bits per heavy atom. The van der Waals surface area contributed by atoms with Gasteiger partial charge in [-0.3, -0.25) is 0 Å². The van der Waals surface area contributed by atoms with E-state index in [2.05, 4.69) is 5.38 Å². The van der Waals surface area contributed by atoms with Crippen LogP contribution in [-0.4, -0.2) is 0 Å². The van der Waals surface area contributed by atoms with Crippen molar-refractivity contribution < 1.29 is 0 Å². The second-order valence-corrected chi connectivity index (χ2v) is 4.31. The zero-order chi connectivity index (χ0) is 9.97. The Kier molecular flexibility index (Phi) is 4.61. The van der Waals surface area contributed by atoms with Crippen LogP contribution in [0.2, 0.25) is 5.02 Å². The molecular weight excluding hydrogens is 249 g/mol. The standard InChI is InChI=1S/C11H10ClNS.ClH/c12-10-3-1-2-8(6-10)11(13)9-4-5-14-7-9;/h1-7,11H,13H2;1H/t11-;/m0./s1. The van der Waals surface area contributed by atoms with Gasteiger partial charge in [0.05, 0.1) is 6.04 Å². The van der Waals surface area contributed by atoms with Crippen LogP contribution in [0.3, 0.4) is 0 Å². The summed E-state index contributed by atoms with van der Waals surface area (Å²) in [6.07, 6.45) is 0. The first kappa shape index (κ1) is 12.5. The van der Waals surface area contributed by atoms with E-state index in [1.165, 1.54) is 0 Å². The summed E-state index contributed by atoms with van der Waals surface area (Å²) in [6.45, 7) is 0. The lowest BCUT2D eigenvalue weighted by Gasteiger charge is -2.10. The Hall–Kier alpha value is -0.540. The van der Waals surface area contributed by atoms with Crippen LogP contribution >= 0.6 is 35.3 Å². The van der Waals surface area contributed by atoms with Gasteiger partial charge in [0.2, 0.25) is 0 Å². The molecule has 15 heavy (non-hydrogen) atoms. The number of hydrogen-bond acceptors (Lipinski definition) is 2. The second-order valence-electron chi connectivity index (χ2n) is 3.09. The lowest BCUT2D eigenvalue weighted by molar-refractivity contribution is 0.877. The van der Waals surface area contributed by atoms with Crippen molar-refractivity contribution in [3.63, 3.8) is 0 Å². The highest BCUT2D eigenvalue weighted by molar-refractivity contribution is 7.08. The maximum atomic E-state index is 6.08. The van der Waals surface area contributed by atoms with E-state index in [1.807, 2.05) is 35.7 Å². The molecule has 0 spiro atoms. The van der Waals surface area contributed by atoms with Gasteiger partial charge in [-0.05, 0) is 40.1 Å². The molecule has 0 saturated carbocycles. The van der Waals surface area contributed by atoms with Crippen molar-refractivity contribution in [2.45, 2.75) is 6.04 Å². The quantitative estimate of drug-likeness (QED) is 0.871. The Morgan fingerprint density at radius 3 is 2.60 bits per heavy atom. The zero-order valence-corrected chi connectivity index (χ0v) is 10.3. The molecule has 1 nitrogen and oxygen atoms in total. The summed E-state index contributed by atoms with van der Waals surface area (Å²) in [4.78, 5) is 0. The minimum Gasteiger partial charge on any atom is -0.320 e. The fourth-order valence-electron chi connectivity index (χ4n) is 1.34. The smallest absolute Gasteiger partial charge is 0.0560 e. The molecule has 2 aromatic rings. The van der Waals surface area contributed by atoms with Gasteiger partial charge in [-0.25, -0.2) is 0 Å². The van der Waals surface area contributed by atoms with Crippen molar-refractivity contribution in [2.24, 2.45) is 5.73 Å². The van der Waals surface area contributed by atoms with E-state index in [0.29, 0.717) is 0 Å². The van der Waals surface area contributed by atoms with Crippen molar-refractivity contribution >= 4 is 35.3 Å². The number of hydrogen-bond donors (Lipinski definition) is 1. The third-order valence-corrected chi connectivity index (χ3v) is 3.05. The molecule has 4 heteroatoms. The Bertz CT molecular complexity index is 414. The summed E-state index contributed by atoms with van der Waals surface area (Å²) >= 11 is 7.55. The first-order chi connectivity index (χ1) is 6.77. The predicted octanol–water partition coefficient (Wildman–Crippen LogP) is 3.87.